The summed E-state index contributed by atoms with van der Waals surface area (Å²) in [6.45, 7) is 0. The van der Waals surface area contributed by atoms with Crippen LogP contribution in [0.3, 0.4) is 0 Å². The molecule has 21 heavy (non-hydrogen) atoms. The maximum absolute atomic E-state index is 13.3. The first kappa shape index (κ1) is 14.2. The second-order valence-corrected chi connectivity index (χ2v) is 6.14. The summed E-state index contributed by atoms with van der Waals surface area (Å²) in [4.78, 5) is 37.7. The predicted octanol–water partition coefficient (Wildman–Crippen LogP) is 2.73. The van der Waals surface area contributed by atoms with E-state index in [4.69, 9.17) is 0 Å². The molecule has 1 aromatic carbocycles. The lowest BCUT2D eigenvalue weighted by atomic mass is 9.82. The van der Waals surface area contributed by atoms with Crippen molar-refractivity contribution in [3.63, 3.8) is 0 Å². The molecule has 1 saturated heterocycles. The molecule has 1 N–H and O–H groups in total. The van der Waals surface area contributed by atoms with Crippen LogP contribution in [0.1, 0.15) is 25.7 Å². The predicted molar refractivity (Wildman–Crippen MR) is 76.0 cm³/mol. The lowest BCUT2D eigenvalue weighted by molar-refractivity contribution is -0.142. The van der Waals surface area contributed by atoms with Crippen molar-refractivity contribution in [3.8, 4) is 0 Å². The number of carbonyl (C=O) groups excluding carboxylic acids is 3. The lowest BCUT2D eigenvalue weighted by Gasteiger charge is -2.36. The van der Waals surface area contributed by atoms with Crippen molar-refractivity contribution in [1.82, 2.24) is 5.32 Å². The SMILES string of the molecule is O=C1NC(=O)C2(CCCC2)C(=O)N1c1ccc(F)c(Br)c1. The Hall–Kier alpha value is -1.76. The summed E-state index contributed by atoms with van der Waals surface area (Å²) in [5.41, 5.74) is -0.918. The maximum Gasteiger partial charge on any atom is 0.335 e. The van der Waals surface area contributed by atoms with E-state index in [0.29, 0.717) is 12.8 Å². The number of barbiturate groups is 1. The van der Waals surface area contributed by atoms with Crippen LogP contribution >= 0.6 is 15.9 Å². The first-order valence-electron chi connectivity index (χ1n) is 6.61. The van der Waals surface area contributed by atoms with Gasteiger partial charge < -0.3 is 0 Å². The minimum atomic E-state index is -1.16. The molecule has 1 aliphatic carbocycles. The van der Waals surface area contributed by atoms with Gasteiger partial charge in [-0.15, -0.1) is 0 Å². The van der Waals surface area contributed by atoms with Crippen LogP contribution < -0.4 is 10.2 Å². The second-order valence-electron chi connectivity index (χ2n) is 5.29. The minimum absolute atomic E-state index is 0.151. The zero-order chi connectivity index (χ0) is 15.2. The number of rotatable bonds is 1. The number of carbonyl (C=O) groups is 3. The summed E-state index contributed by atoms with van der Waals surface area (Å²) in [6, 6.07) is 3.07. The van der Waals surface area contributed by atoms with Gasteiger partial charge in [0.25, 0.3) is 5.91 Å². The molecule has 7 heteroatoms. The van der Waals surface area contributed by atoms with Crippen LogP contribution in [0.2, 0.25) is 0 Å². The molecule has 1 aromatic rings. The fourth-order valence-corrected chi connectivity index (χ4v) is 3.32. The van der Waals surface area contributed by atoms with Crippen LogP contribution in [0.15, 0.2) is 22.7 Å². The Morgan fingerprint density at radius 1 is 1.19 bits per heavy atom. The fourth-order valence-electron chi connectivity index (χ4n) is 2.95. The first-order chi connectivity index (χ1) is 9.95. The van der Waals surface area contributed by atoms with Crippen LogP contribution in [-0.4, -0.2) is 17.8 Å². The Kier molecular flexibility index (Phi) is 3.32. The molecule has 2 fully saturated rings. The van der Waals surface area contributed by atoms with Gasteiger partial charge >= 0.3 is 6.03 Å². The van der Waals surface area contributed by atoms with Gasteiger partial charge in [0.1, 0.15) is 11.2 Å². The number of hydrogen-bond acceptors (Lipinski definition) is 3. The van der Waals surface area contributed by atoms with Gasteiger partial charge in [-0.1, -0.05) is 12.8 Å². The van der Waals surface area contributed by atoms with Crippen molar-refractivity contribution >= 4 is 39.5 Å². The summed E-state index contributed by atoms with van der Waals surface area (Å²) >= 11 is 3.03. The molecule has 0 radical (unpaired) electrons. The van der Waals surface area contributed by atoms with Crippen LogP contribution in [0.4, 0.5) is 14.9 Å². The van der Waals surface area contributed by atoms with Gasteiger partial charge in [-0.25, -0.2) is 14.1 Å². The number of hydrogen-bond donors (Lipinski definition) is 1. The quantitative estimate of drug-likeness (QED) is 0.788. The molecule has 0 atom stereocenters. The van der Waals surface area contributed by atoms with Crippen LogP contribution in [-0.2, 0) is 9.59 Å². The van der Waals surface area contributed by atoms with Gasteiger partial charge in [0, 0.05) is 0 Å². The third kappa shape index (κ3) is 2.07. The van der Waals surface area contributed by atoms with Gasteiger partial charge in [0.05, 0.1) is 10.2 Å². The molecule has 0 unspecified atom stereocenters. The van der Waals surface area contributed by atoms with Crippen molar-refractivity contribution in [1.29, 1.82) is 0 Å². The van der Waals surface area contributed by atoms with Gasteiger partial charge in [0.2, 0.25) is 5.91 Å². The number of urea groups is 1. The summed E-state index contributed by atoms with van der Waals surface area (Å²) in [6.07, 6.45) is 2.41. The third-order valence-electron chi connectivity index (χ3n) is 4.09. The maximum atomic E-state index is 13.3. The van der Waals surface area contributed by atoms with Crippen LogP contribution in [0.5, 0.6) is 0 Å². The van der Waals surface area contributed by atoms with E-state index in [2.05, 4.69) is 21.2 Å². The number of imide groups is 2. The highest BCUT2D eigenvalue weighted by atomic mass is 79.9. The number of nitrogens with zero attached hydrogens (tertiary/aromatic N) is 1. The van der Waals surface area contributed by atoms with Gasteiger partial charge in [0.15, 0.2) is 0 Å². The normalized spacial score (nSPS) is 21.0. The smallest absolute Gasteiger partial charge is 0.276 e. The average molecular weight is 355 g/mol. The summed E-state index contributed by atoms with van der Waals surface area (Å²) in [7, 11) is 0. The largest absolute Gasteiger partial charge is 0.335 e. The Labute approximate surface area is 128 Å². The zero-order valence-corrected chi connectivity index (χ0v) is 12.6. The molecule has 5 nitrogen and oxygen atoms in total. The molecular weight excluding hydrogens is 343 g/mol. The summed E-state index contributed by atoms with van der Waals surface area (Å²) in [5.74, 6) is -1.53. The topological polar surface area (TPSA) is 66.5 Å². The highest BCUT2D eigenvalue weighted by Crippen LogP contribution is 2.43. The van der Waals surface area contributed by atoms with E-state index < -0.39 is 29.1 Å². The van der Waals surface area contributed by atoms with Crippen molar-refractivity contribution in [2.45, 2.75) is 25.7 Å². The van der Waals surface area contributed by atoms with Crippen LogP contribution in [0, 0.1) is 11.2 Å². The Morgan fingerprint density at radius 3 is 2.48 bits per heavy atom. The number of benzene rings is 1. The van der Waals surface area contributed by atoms with Crippen molar-refractivity contribution < 1.29 is 18.8 Å². The molecule has 0 aromatic heterocycles. The van der Waals surface area contributed by atoms with E-state index in [9.17, 15) is 18.8 Å². The van der Waals surface area contributed by atoms with Crippen molar-refractivity contribution in [3.05, 3.63) is 28.5 Å². The van der Waals surface area contributed by atoms with Crippen molar-refractivity contribution in [2.75, 3.05) is 4.90 Å². The van der Waals surface area contributed by atoms with E-state index in [1.54, 1.807) is 0 Å². The van der Waals surface area contributed by atoms with Gasteiger partial charge in [-0.2, -0.15) is 0 Å². The number of nitrogens with one attached hydrogen (secondary N) is 1. The van der Waals surface area contributed by atoms with E-state index in [1.165, 1.54) is 12.1 Å². The molecule has 4 amide bonds. The molecule has 110 valence electrons. The minimum Gasteiger partial charge on any atom is -0.276 e. The number of anilines is 1. The Morgan fingerprint density at radius 2 is 1.86 bits per heavy atom. The van der Waals surface area contributed by atoms with Crippen LogP contribution in [0.25, 0.3) is 0 Å². The van der Waals surface area contributed by atoms with Crippen molar-refractivity contribution in [2.24, 2.45) is 5.41 Å². The highest BCUT2D eigenvalue weighted by molar-refractivity contribution is 9.10. The zero-order valence-electron chi connectivity index (χ0n) is 11.0. The molecule has 1 saturated carbocycles. The van der Waals surface area contributed by atoms with E-state index in [1.807, 2.05) is 0 Å². The third-order valence-corrected chi connectivity index (χ3v) is 4.70. The molecule has 3 rings (SSSR count). The monoisotopic (exact) mass is 354 g/mol. The van der Waals surface area contributed by atoms with Gasteiger partial charge in [-0.05, 0) is 47.0 Å². The lowest BCUT2D eigenvalue weighted by Crippen LogP contribution is -2.63. The molecule has 1 spiro atoms. The standard InChI is InChI=1S/C14H12BrFN2O3/c15-9-7-8(3-4-10(9)16)18-12(20)14(5-1-2-6-14)11(19)17-13(18)21/h3-4,7H,1-2,5-6H2,(H,17,19,21). The summed E-state index contributed by atoms with van der Waals surface area (Å²) < 4.78 is 13.5. The van der Waals surface area contributed by atoms with E-state index >= 15 is 0 Å². The molecular formula is C14H12BrFN2O3. The Balaban J connectivity index is 2.04. The number of amides is 4. The molecule has 0 bridgehead atoms. The van der Waals surface area contributed by atoms with E-state index in [0.717, 1.165) is 23.8 Å². The fraction of sp³-hybridized carbons (Fsp3) is 0.357. The highest BCUT2D eigenvalue weighted by Gasteiger charge is 2.55. The average Bonchev–Trinajstić information content (AvgIpc) is 2.92. The first-order valence-corrected chi connectivity index (χ1v) is 7.40. The molecule has 2 aliphatic rings. The molecule has 1 aliphatic heterocycles. The Bertz CT molecular complexity index is 656. The van der Waals surface area contributed by atoms with Gasteiger partial charge in [-0.3, -0.25) is 14.9 Å². The molecule has 1 heterocycles. The summed E-state index contributed by atoms with van der Waals surface area (Å²) in [5, 5.41) is 2.24. The van der Waals surface area contributed by atoms with E-state index in [-0.39, 0.29) is 10.2 Å². The number of halogens is 2. The second kappa shape index (κ2) is 4.91.